The van der Waals surface area contributed by atoms with Crippen molar-refractivity contribution in [3.05, 3.63) is 45.3 Å². The molecule has 0 saturated carbocycles. The average Bonchev–Trinajstić information content (AvgIpc) is 2.24. The molecule has 0 amide bonds. The van der Waals surface area contributed by atoms with Crippen LogP contribution >= 0.6 is 7.60 Å². The molecular weight excluding hydrogens is 247 g/mol. The molecule has 0 radical (unpaired) electrons. The van der Waals surface area contributed by atoms with E-state index in [1.807, 2.05) is 0 Å². The van der Waals surface area contributed by atoms with Gasteiger partial charge in [0, 0.05) is 12.1 Å². The molecule has 1 aromatic rings. The van der Waals surface area contributed by atoms with Gasteiger partial charge in [0.1, 0.15) is 11.4 Å². The van der Waals surface area contributed by atoms with Gasteiger partial charge in [-0.3, -0.25) is 14.7 Å². The quantitative estimate of drug-likeness (QED) is 0.365. The second-order valence-electron chi connectivity index (χ2n) is 3.03. The fraction of sp³-hybridized carbons (Fsp3) is 0. The Hall–Kier alpha value is -2.00. The minimum Gasteiger partial charge on any atom is -0.321 e. The van der Waals surface area contributed by atoms with Crippen molar-refractivity contribution in [3.63, 3.8) is 0 Å². The van der Waals surface area contributed by atoms with Crippen LogP contribution in [-0.2, 0) is 4.57 Å². The smallest absolute Gasteiger partial charge is 0.321 e. The van der Waals surface area contributed by atoms with Gasteiger partial charge in [0.2, 0.25) is 0 Å². The van der Waals surface area contributed by atoms with Crippen molar-refractivity contribution in [1.82, 2.24) is 0 Å². The van der Waals surface area contributed by atoms with Crippen molar-refractivity contribution in [3.8, 4) is 6.07 Å². The molecule has 0 aliphatic rings. The normalized spacial score (nSPS) is 11.9. The van der Waals surface area contributed by atoms with Crippen molar-refractivity contribution in [2.24, 2.45) is 0 Å². The molecule has 0 heterocycles. The molecule has 1 rings (SSSR count). The lowest BCUT2D eigenvalue weighted by Crippen LogP contribution is -1.87. The SMILES string of the molecule is N#CC(=Cc1ccc([N+](=O)[O-])cc1)P(=O)(O)O. The van der Waals surface area contributed by atoms with Crippen LogP contribution in [0.5, 0.6) is 0 Å². The first-order chi connectivity index (χ1) is 7.84. The maximum absolute atomic E-state index is 10.8. The van der Waals surface area contributed by atoms with E-state index in [0.717, 1.165) is 6.08 Å². The van der Waals surface area contributed by atoms with Gasteiger partial charge in [-0.2, -0.15) is 5.26 Å². The molecule has 17 heavy (non-hydrogen) atoms. The first-order valence-electron chi connectivity index (χ1n) is 4.27. The number of benzene rings is 1. The molecule has 0 bridgehead atoms. The number of nitriles is 1. The minimum absolute atomic E-state index is 0.142. The van der Waals surface area contributed by atoms with Gasteiger partial charge >= 0.3 is 7.60 Å². The predicted molar refractivity (Wildman–Crippen MR) is 58.7 cm³/mol. The summed E-state index contributed by atoms with van der Waals surface area (Å²) >= 11 is 0. The average molecular weight is 254 g/mol. The van der Waals surface area contributed by atoms with Crippen molar-refractivity contribution < 1.29 is 19.3 Å². The van der Waals surface area contributed by atoms with Crippen LogP contribution in [-0.4, -0.2) is 14.7 Å². The van der Waals surface area contributed by atoms with Crippen LogP contribution in [0.15, 0.2) is 29.6 Å². The summed E-state index contributed by atoms with van der Waals surface area (Å²) in [5.41, 5.74) is 0.160. The fourth-order valence-electron chi connectivity index (χ4n) is 1.03. The first kappa shape index (κ1) is 13.1. The van der Waals surface area contributed by atoms with Crippen molar-refractivity contribution in [1.29, 1.82) is 5.26 Å². The fourth-order valence-corrected chi connectivity index (χ4v) is 1.48. The van der Waals surface area contributed by atoms with E-state index in [1.54, 1.807) is 0 Å². The van der Waals surface area contributed by atoms with Crippen LogP contribution < -0.4 is 0 Å². The van der Waals surface area contributed by atoms with Crippen LogP contribution in [0.2, 0.25) is 0 Å². The van der Waals surface area contributed by atoms with Crippen LogP contribution in [0.3, 0.4) is 0 Å². The lowest BCUT2D eigenvalue weighted by Gasteiger charge is -2.00. The van der Waals surface area contributed by atoms with E-state index in [-0.39, 0.29) is 5.69 Å². The third-order valence-corrected chi connectivity index (χ3v) is 2.69. The molecule has 0 aliphatic carbocycles. The summed E-state index contributed by atoms with van der Waals surface area (Å²) in [5, 5.41) is 18.2. The summed E-state index contributed by atoms with van der Waals surface area (Å²) in [4.78, 5) is 27.4. The minimum atomic E-state index is -4.61. The van der Waals surface area contributed by atoms with Crippen molar-refractivity contribution >= 4 is 19.4 Å². The Morgan fingerprint density at radius 2 is 1.94 bits per heavy atom. The Kier molecular flexibility index (Phi) is 3.76. The second kappa shape index (κ2) is 4.89. The first-order valence-corrected chi connectivity index (χ1v) is 5.88. The number of hydrogen-bond donors (Lipinski definition) is 2. The van der Waals surface area contributed by atoms with Gasteiger partial charge in [-0.1, -0.05) is 0 Å². The third-order valence-electron chi connectivity index (χ3n) is 1.84. The van der Waals surface area contributed by atoms with Gasteiger partial charge in [-0.05, 0) is 23.8 Å². The molecule has 1 aromatic carbocycles. The molecule has 0 unspecified atom stereocenters. The summed E-state index contributed by atoms with van der Waals surface area (Å²) < 4.78 is 10.8. The highest BCUT2D eigenvalue weighted by molar-refractivity contribution is 7.57. The molecule has 0 saturated heterocycles. The highest BCUT2D eigenvalue weighted by atomic mass is 31.2. The summed E-state index contributed by atoms with van der Waals surface area (Å²) in [6.07, 6.45) is 0.991. The van der Waals surface area contributed by atoms with E-state index in [2.05, 4.69) is 0 Å². The van der Waals surface area contributed by atoms with E-state index in [1.165, 1.54) is 30.3 Å². The Balaban J connectivity index is 3.11. The molecule has 2 N–H and O–H groups in total. The highest BCUT2D eigenvalue weighted by Gasteiger charge is 2.20. The Labute approximate surface area is 95.9 Å². The molecule has 0 aliphatic heterocycles. The third kappa shape index (κ3) is 3.50. The maximum Gasteiger partial charge on any atom is 0.366 e. The topological polar surface area (TPSA) is 124 Å². The van der Waals surface area contributed by atoms with Crippen LogP contribution in [0.1, 0.15) is 5.56 Å². The van der Waals surface area contributed by atoms with E-state index < -0.39 is 17.8 Å². The van der Waals surface area contributed by atoms with Gasteiger partial charge < -0.3 is 9.79 Å². The van der Waals surface area contributed by atoms with E-state index in [9.17, 15) is 14.7 Å². The molecule has 0 spiro atoms. The number of non-ortho nitro benzene ring substituents is 1. The van der Waals surface area contributed by atoms with Gasteiger partial charge in [0.25, 0.3) is 5.69 Å². The Morgan fingerprint density at radius 1 is 1.41 bits per heavy atom. The summed E-state index contributed by atoms with van der Waals surface area (Å²) in [6.45, 7) is 0. The standard InChI is InChI=1S/C9H7N2O5P/c10-6-9(17(14,15)16)5-7-1-3-8(4-2-7)11(12)13/h1-5H,(H2,14,15,16). The maximum atomic E-state index is 10.8. The molecule has 8 heteroatoms. The van der Waals surface area contributed by atoms with E-state index >= 15 is 0 Å². The Bertz CT molecular complexity index is 552. The molecular formula is C9H7N2O5P. The van der Waals surface area contributed by atoms with E-state index in [0.29, 0.717) is 5.56 Å². The zero-order valence-electron chi connectivity index (χ0n) is 8.35. The molecule has 0 fully saturated rings. The predicted octanol–water partition coefficient (Wildman–Crippen LogP) is 1.64. The van der Waals surface area contributed by atoms with Gasteiger partial charge in [0.05, 0.1) is 4.92 Å². The summed E-state index contributed by atoms with van der Waals surface area (Å²) in [7, 11) is -4.61. The van der Waals surface area contributed by atoms with E-state index in [4.69, 9.17) is 15.0 Å². The molecule has 7 nitrogen and oxygen atoms in total. The zero-order chi connectivity index (χ0) is 13.1. The number of nitro benzene ring substituents is 1. The number of hydrogen-bond acceptors (Lipinski definition) is 4. The number of nitro groups is 1. The van der Waals surface area contributed by atoms with Crippen molar-refractivity contribution in [2.45, 2.75) is 0 Å². The number of rotatable bonds is 3. The van der Waals surface area contributed by atoms with Gasteiger partial charge in [-0.15, -0.1) is 0 Å². The Morgan fingerprint density at radius 3 is 2.29 bits per heavy atom. The molecule has 0 aromatic heterocycles. The van der Waals surface area contributed by atoms with Crippen LogP contribution in [0.25, 0.3) is 6.08 Å². The lowest BCUT2D eigenvalue weighted by molar-refractivity contribution is -0.384. The molecule has 88 valence electrons. The zero-order valence-corrected chi connectivity index (χ0v) is 9.24. The van der Waals surface area contributed by atoms with Gasteiger partial charge in [-0.25, -0.2) is 0 Å². The van der Waals surface area contributed by atoms with Crippen molar-refractivity contribution in [2.75, 3.05) is 0 Å². The molecule has 0 atom stereocenters. The number of nitrogens with zero attached hydrogens (tertiary/aromatic N) is 2. The lowest BCUT2D eigenvalue weighted by atomic mass is 10.2. The second-order valence-corrected chi connectivity index (χ2v) is 4.60. The van der Waals surface area contributed by atoms with Gasteiger partial charge in [0.15, 0.2) is 0 Å². The summed E-state index contributed by atoms with van der Waals surface area (Å²) in [6, 6.07) is 6.35. The summed E-state index contributed by atoms with van der Waals surface area (Å²) in [5.74, 6) is 0. The highest BCUT2D eigenvalue weighted by Crippen LogP contribution is 2.45. The largest absolute Gasteiger partial charge is 0.366 e. The van der Waals surface area contributed by atoms with Crippen LogP contribution in [0, 0.1) is 21.4 Å². The van der Waals surface area contributed by atoms with Crippen LogP contribution in [0.4, 0.5) is 5.69 Å². The number of allylic oxidation sites excluding steroid dienone is 1. The monoisotopic (exact) mass is 254 g/mol.